The zero-order valence-corrected chi connectivity index (χ0v) is 12.3. The van der Waals surface area contributed by atoms with Crippen molar-refractivity contribution in [3.05, 3.63) is 22.4 Å². The van der Waals surface area contributed by atoms with Gasteiger partial charge in [0.15, 0.2) is 0 Å². The summed E-state index contributed by atoms with van der Waals surface area (Å²) in [6.07, 6.45) is 4.24. The molecule has 0 spiro atoms. The Kier molecular flexibility index (Phi) is 2.98. The Labute approximate surface area is 121 Å². The summed E-state index contributed by atoms with van der Waals surface area (Å²) in [4.78, 5) is 12.6. The minimum Gasteiger partial charge on any atom is -0.295 e. The van der Waals surface area contributed by atoms with Gasteiger partial charge >= 0.3 is 0 Å². The van der Waals surface area contributed by atoms with Crippen molar-refractivity contribution in [3.8, 4) is 0 Å². The second-order valence-electron chi connectivity index (χ2n) is 5.72. The zero-order chi connectivity index (χ0) is 12.8. The summed E-state index contributed by atoms with van der Waals surface area (Å²) in [6.45, 7) is 3.28. The number of aromatic nitrogens is 2. The number of fused-ring (bicyclic) bond motifs is 2. The Hall–Kier alpha value is -0.710. The monoisotopic (exact) mass is 293 g/mol. The van der Waals surface area contributed by atoms with E-state index in [9.17, 15) is 0 Å². The molecule has 3 heterocycles. The van der Waals surface area contributed by atoms with Crippen molar-refractivity contribution in [1.82, 2.24) is 14.9 Å². The number of hydrogen-bond acceptors (Lipinski definition) is 4. The first kappa shape index (κ1) is 12.1. The van der Waals surface area contributed by atoms with Gasteiger partial charge in [0.2, 0.25) is 0 Å². The van der Waals surface area contributed by atoms with Crippen molar-refractivity contribution >= 4 is 33.2 Å². The topological polar surface area (TPSA) is 29.0 Å². The second kappa shape index (κ2) is 4.69. The standard InChI is InChI=1S/C14H16ClN3S/c15-13-11-4-5-19-14(11)17-12(16-13)8-18-6-9-2-1-3-10(9)7-18/h4-5,9-10H,1-3,6-8H2. The summed E-state index contributed by atoms with van der Waals surface area (Å²) in [5, 5.41) is 3.60. The van der Waals surface area contributed by atoms with Crippen LogP contribution in [0.3, 0.4) is 0 Å². The quantitative estimate of drug-likeness (QED) is 0.793. The van der Waals surface area contributed by atoms with Gasteiger partial charge in [-0.15, -0.1) is 11.3 Å². The molecule has 4 rings (SSSR count). The number of nitrogens with zero attached hydrogens (tertiary/aromatic N) is 3. The number of hydrogen-bond donors (Lipinski definition) is 0. The minimum atomic E-state index is 0.598. The molecule has 0 N–H and O–H groups in total. The van der Waals surface area contributed by atoms with Crippen molar-refractivity contribution in [2.24, 2.45) is 11.8 Å². The van der Waals surface area contributed by atoms with E-state index >= 15 is 0 Å². The molecule has 2 fully saturated rings. The fourth-order valence-corrected chi connectivity index (χ4v) is 4.68. The smallest absolute Gasteiger partial charge is 0.145 e. The van der Waals surface area contributed by atoms with E-state index in [2.05, 4.69) is 14.9 Å². The van der Waals surface area contributed by atoms with E-state index in [-0.39, 0.29) is 0 Å². The third-order valence-electron chi connectivity index (χ3n) is 4.49. The normalized spacial score (nSPS) is 27.2. The molecule has 5 heteroatoms. The molecular weight excluding hydrogens is 278 g/mol. The minimum absolute atomic E-state index is 0.598. The number of likely N-dealkylation sites (tertiary alicyclic amines) is 1. The number of thiophene rings is 1. The van der Waals surface area contributed by atoms with Gasteiger partial charge in [0.25, 0.3) is 0 Å². The van der Waals surface area contributed by atoms with Gasteiger partial charge in [-0.1, -0.05) is 18.0 Å². The average molecular weight is 294 g/mol. The Morgan fingerprint density at radius 2 is 2.05 bits per heavy atom. The molecule has 0 amide bonds. The number of rotatable bonds is 2. The summed E-state index contributed by atoms with van der Waals surface area (Å²) >= 11 is 7.86. The molecule has 2 aromatic heterocycles. The highest BCUT2D eigenvalue weighted by Gasteiger charge is 2.36. The van der Waals surface area contributed by atoms with Gasteiger partial charge in [0.05, 0.1) is 6.54 Å². The fourth-order valence-electron chi connectivity index (χ4n) is 3.59. The Balaban J connectivity index is 1.55. The average Bonchev–Trinajstić information content (AvgIpc) is 3.02. The maximum absolute atomic E-state index is 6.22. The summed E-state index contributed by atoms with van der Waals surface area (Å²) in [5.74, 6) is 2.71. The van der Waals surface area contributed by atoms with Gasteiger partial charge in [-0.3, -0.25) is 4.90 Å². The lowest BCUT2D eigenvalue weighted by Gasteiger charge is -2.15. The summed E-state index contributed by atoms with van der Waals surface area (Å²) < 4.78 is 0. The molecule has 19 heavy (non-hydrogen) atoms. The summed E-state index contributed by atoms with van der Waals surface area (Å²) in [7, 11) is 0. The van der Waals surface area contributed by atoms with Crippen LogP contribution in [0, 0.1) is 11.8 Å². The highest BCUT2D eigenvalue weighted by molar-refractivity contribution is 7.16. The first-order valence-corrected chi connectivity index (χ1v) is 8.17. The van der Waals surface area contributed by atoms with Crippen LogP contribution in [0.25, 0.3) is 10.2 Å². The molecule has 3 nitrogen and oxygen atoms in total. The highest BCUT2D eigenvalue weighted by Crippen LogP contribution is 2.38. The molecule has 2 aromatic rings. The van der Waals surface area contributed by atoms with Crippen LogP contribution in [0.2, 0.25) is 5.15 Å². The van der Waals surface area contributed by atoms with Crippen molar-refractivity contribution in [2.75, 3.05) is 13.1 Å². The molecule has 1 aliphatic carbocycles. The number of halogens is 1. The van der Waals surface area contributed by atoms with Gasteiger partial charge in [0, 0.05) is 18.5 Å². The van der Waals surface area contributed by atoms with Crippen LogP contribution in [-0.2, 0) is 6.54 Å². The van der Waals surface area contributed by atoms with Crippen molar-refractivity contribution in [2.45, 2.75) is 25.8 Å². The van der Waals surface area contributed by atoms with Crippen LogP contribution >= 0.6 is 22.9 Å². The third-order valence-corrected chi connectivity index (χ3v) is 5.59. The predicted octanol–water partition coefficient (Wildman–Crippen LogP) is 3.58. The van der Waals surface area contributed by atoms with Crippen LogP contribution in [0.4, 0.5) is 0 Å². The molecule has 0 aromatic carbocycles. The van der Waals surface area contributed by atoms with Crippen molar-refractivity contribution in [3.63, 3.8) is 0 Å². The van der Waals surface area contributed by atoms with Crippen LogP contribution in [-0.4, -0.2) is 28.0 Å². The van der Waals surface area contributed by atoms with Gasteiger partial charge in [-0.2, -0.15) is 0 Å². The van der Waals surface area contributed by atoms with Crippen molar-refractivity contribution < 1.29 is 0 Å². The Bertz CT molecular complexity index is 600. The molecule has 0 bridgehead atoms. The van der Waals surface area contributed by atoms with Gasteiger partial charge in [-0.25, -0.2) is 9.97 Å². The molecule has 0 radical (unpaired) electrons. The molecule has 2 unspecified atom stereocenters. The van der Waals surface area contributed by atoms with E-state index < -0.39 is 0 Å². The zero-order valence-electron chi connectivity index (χ0n) is 10.7. The lowest BCUT2D eigenvalue weighted by molar-refractivity contribution is 0.296. The molecule has 100 valence electrons. The lowest BCUT2D eigenvalue weighted by atomic mass is 10.0. The van der Waals surface area contributed by atoms with E-state index in [1.807, 2.05) is 11.4 Å². The summed E-state index contributed by atoms with van der Waals surface area (Å²) in [5.41, 5.74) is 0. The SMILES string of the molecule is Clc1nc(CN2CC3CCCC3C2)nc2sccc12. The predicted molar refractivity (Wildman–Crippen MR) is 78.5 cm³/mol. The second-order valence-corrected chi connectivity index (χ2v) is 6.97. The Morgan fingerprint density at radius 1 is 1.26 bits per heavy atom. The fraction of sp³-hybridized carbons (Fsp3) is 0.571. The maximum Gasteiger partial charge on any atom is 0.145 e. The van der Waals surface area contributed by atoms with E-state index in [1.165, 1.54) is 32.4 Å². The molecule has 1 saturated heterocycles. The third kappa shape index (κ3) is 2.16. The molecule has 1 aliphatic heterocycles. The highest BCUT2D eigenvalue weighted by atomic mass is 35.5. The van der Waals surface area contributed by atoms with Gasteiger partial charge in [0.1, 0.15) is 15.8 Å². The van der Waals surface area contributed by atoms with Crippen LogP contribution in [0.5, 0.6) is 0 Å². The first-order valence-electron chi connectivity index (χ1n) is 6.91. The van der Waals surface area contributed by atoms with E-state index in [4.69, 9.17) is 11.6 Å². The molecule has 2 aliphatic rings. The van der Waals surface area contributed by atoms with Gasteiger partial charge < -0.3 is 0 Å². The Morgan fingerprint density at radius 3 is 2.84 bits per heavy atom. The van der Waals surface area contributed by atoms with E-state index in [1.54, 1.807) is 11.3 Å². The van der Waals surface area contributed by atoms with Crippen LogP contribution in [0.1, 0.15) is 25.1 Å². The lowest BCUT2D eigenvalue weighted by Crippen LogP contribution is -2.22. The van der Waals surface area contributed by atoms with Crippen LogP contribution in [0.15, 0.2) is 11.4 Å². The largest absolute Gasteiger partial charge is 0.295 e. The van der Waals surface area contributed by atoms with E-state index in [0.717, 1.165) is 34.4 Å². The first-order chi connectivity index (χ1) is 9.29. The van der Waals surface area contributed by atoms with E-state index in [0.29, 0.717) is 5.15 Å². The van der Waals surface area contributed by atoms with Gasteiger partial charge in [-0.05, 0) is 36.1 Å². The summed E-state index contributed by atoms with van der Waals surface area (Å²) in [6, 6.07) is 1.99. The molecule has 2 atom stereocenters. The van der Waals surface area contributed by atoms with Crippen LogP contribution < -0.4 is 0 Å². The van der Waals surface area contributed by atoms with Crippen molar-refractivity contribution in [1.29, 1.82) is 0 Å². The maximum atomic E-state index is 6.22. The molecular formula is C14H16ClN3S. The molecule has 1 saturated carbocycles.